The summed E-state index contributed by atoms with van der Waals surface area (Å²) in [5.74, 6) is 0.0743. The van der Waals surface area contributed by atoms with Crippen LogP contribution in [0.1, 0.15) is 67.8 Å². The smallest absolute Gasteiger partial charge is 0.200 e. The minimum atomic E-state index is -0.541. The number of carbonyl (C=O) groups excluding carboxylic acids is 1. The van der Waals surface area contributed by atoms with Crippen molar-refractivity contribution in [2.24, 2.45) is 5.73 Å². The molecule has 210 valence electrons. The molecule has 2 atom stereocenters. The molecule has 7 heteroatoms. The van der Waals surface area contributed by atoms with Crippen LogP contribution in [0.3, 0.4) is 0 Å². The van der Waals surface area contributed by atoms with Crippen molar-refractivity contribution in [3.05, 3.63) is 81.4 Å². The number of aromatic nitrogens is 1. The van der Waals surface area contributed by atoms with Crippen LogP contribution >= 0.6 is 0 Å². The van der Waals surface area contributed by atoms with Crippen molar-refractivity contribution in [3.8, 4) is 17.2 Å². The van der Waals surface area contributed by atoms with Crippen LogP contribution in [0.4, 0.5) is 4.39 Å². The number of nitrogens with two attached hydrogens (primary N) is 1. The largest absolute Gasteiger partial charge is 0.452 e. The molecule has 2 aliphatic heterocycles. The van der Waals surface area contributed by atoms with E-state index in [1.165, 1.54) is 6.07 Å². The van der Waals surface area contributed by atoms with E-state index >= 15 is 4.39 Å². The maximum Gasteiger partial charge on any atom is 0.200 e. The Morgan fingerprint density at radius 2 is 1.85 bits per heavy atom. The molecule has 3 aliphatic rings. The molecule has 3 aromatic carbocycles. The predicted molar refractivity (Wildman–Crippen MR) is 161 cm³/mol. The van der Waals surface area contributed by atoms with E-state index in [9.17, 15) is 9.59 Å². The number of ether oxygens (including phenoxy) is 1. The minimum Gasteiger partial charge on any atom is -0.452 e. The van der Waals surface area contributed by atoms with Gasteiger partial charge in [0.2, 0.25) is 5.43 Å². The molecule has 1 unspecified atom stereocenters. The van der Waals surface area contributed by atoms with Gasteiger partial charge in [0.15, 0.2) is 17.3 Å². The maximum absolute atomic E-state index is 16.0. The lowest BCUT2D eigenvalue weighted by Gasteiger charge is -2.31. The second-order valence-corrected chi connectivity index (χ2v) is 11.8. The Morgan fingerprint density at radius 1 is 1.10 bits per heavy atom. The van der Waals surface area contributed by atoms with E-state index in [0.29, 0.717) is 34.7 Å². The first-order chi connectivity index (χ1) is 19.9. The van der Waals surface area contributed by atoms with Crippen molar-refractivity contribution in [1.29, 1.82) is 0 Å². The van der Waals surface area contributed by atoms with Crippen molar-refractivity contribution in [3.63, 3.8) is 0 Å². The second kappa shape index (κ2) is 10.2. The Morgan fingerprint density at radius 3 is 2.61 bits per heavy atom. The zero-order valence-corrected chi connectivity index (χ0v) is 23.3. The fraction of sp³-hybridized carbons (Fsp3) is 0.353. The fourth-order valence-electron chi connectivity index (χ4n) is 6.80. The summed E-state index contributed by atoms with van der Waals surface area (Å²) in [4.78, 5) is 29.9. The molecule has 1 saturated heterocycles. The van der Waals surface area contributed by atoms with Gasteiger partial charge in [-0.3, -0.25) is 14.5 Å². The van der Waals surface area contributed by atoms with Crippen molar-refractivity contribution < 1.29 is 13.9 Å². The van der Waals surface area contributed by atoms with Gasteiger partial charge in [-0.1, -0.05) is 36.3 Å². The van der Waals surface area contributed by atoms with Gasteiger partial charge in [-0.05, 0) is 93.6 Å². The van der Waals surface area contributed by atoms with Crippen molar-refractivity contribution in [1.82, 2.24) is 9.47 Å². The number of pyridine rings is 1. The van der Waals surface area contributed by atoms with Gasteiger partial charge in [0.05, 0.1) is 28.2 Å². The molecule has 3 heterocycles. The SMILES string of the molecule is C[C@@H](C(=O)c1cn2c3c(c(C=C4CCCC(N)C4)c(F)cc3c1=O)Oc1cc3ccccc3cc1-2)N1CCCCC1. The summed E-state index contributed by atoms with van der Waals surface area (Å²) in [6, 6.07) is 12.8. The third-order valence-corrected chi connectivity index (χ3v) is 9.06. The van der Waals surface area contributed by atoms with E-state index in [-0.39, 0.29) is 22.8 Å². The molecule has 7 rings (SSSR count). The molecular weight excluding hydrogens is 517 g/mol. The summed E-state index contributed by atoms with van der Waals surface area (Å²) in [7, 11) is 0. The number of ketones is 1. The van der Waals surface area contributed by atoms with E-state index in [2.05, 4.69) is 4.90 Å². The van der Waals surface area contributed by atoms with E-state index in [0.717, 1.165) is 68.0 Å². The van der Waals surface area contributed by atoms with Gasteiger partial charge in [0.25, 0.3) is 0 Å². The van der Waals surface area contributed by atoms with Gasteiger partial charge in [-0.25, -0.2) is 4.39 Å². The molecular formula is C34H34FN3O3. The van der Waals surface area contributed by atoms with E-state index in [1.54, 1.807) is 6.20 Å². The summed E-state index contributed by atoms with van der Waals surface area (Å²) >= 11 is 0. The first-order valence-corrected chi connectivity index (χ1v) is 14.7. The summed E-state index contributed by atoms with van der Waals surface area (Å²) in [5.41, 5.74) is 8.42. The Labute approximate surface area is 238 Å². The van der Waals surface area contributed by atoms with Crippen LogP contribution in [0.15, 0.2) is 59.0 Å². The first kappa shape index (κ1) is 26.1. The number of rotatable bonds is 4. The second-order valence-electron chi connectivity index (χ2n) is 11.8. The summed E-state index contributed by atoms with van der Waals surface area (Å²) < 4.78 is 24.3. The molecule has 41 heavy (non-hydrogen) atoms. The van der Waals surface area contributed by atoms with Gasteiger partial charge in [-0.2, -0.15) is 0 Å². The Kier molecular flexibility index (Phi) is 6.51. The molecule has 1 aliphatic carbocycles. The molecule has 0 bridgehead atoms. The first-order valence-electron chi connectivity index (χ1n) is 14.7. The Bertz CT molecular complexity index is 1800. The van der Waals surface area contributed by atoms with Crippen molar-refractivity contribution in [2.45, 2.75) is 64.0 Å². The van der Waals surface area contributed by atoms with Crippen LogP contribution in [-0.2, 0) is 0 Å². The number of Topliss-reactive ketones (excluding diaryl/α,β-unsaturated/α-hetero) is 1. The van der Waals surface area contributed by atoms with Crippen LogP contribution < -0.4 is 15.9 Å². The van der Waals surface area contributed by atoms with E-state index < -0.39 is 17.3 Å². The highest BCUT2D eigenvalue weighted by Gasteiger charge is 2.31. The Balaban J connectivity index is 1.47. The van der Waals surface area contributed by atoms with Gasteiger partial charge in [-0.15, -0.1) is 0 Å². The normalized spacial score (nSPS) is 20.7. The molecule has 0 spiro atoms. The highest BCUT2D eigenvalue weighted by molar-refractivity contribution is 6.04. The zero-order valence-electron chi connectivity index (χ0n) is 23.3. The monoisotopic (exact) mass is 551 g/mol. The maximum atomic E-state index is 16.0. The van der Waals surface area contributed by atoms with Gasteiger partial charge >= 0.3 is 0 Å². The number of hydrogen-bond acceptors (Lipinski definition) is 5. The molecule has 2 N–H and O–H groups in total. The van der Waals surface area contributed by atoms with E-state index in [4.69, 9.17) is 10.5 Å². The summed E-state index contributed by atoms with van der Waals surface area (Å²) in [6.07, 6.45) is 10.2. The molecule has 4 aromatic rings. The van der Waals surface area contributed by atoms with Crippen LogP contribution in [0, 0.1) is 5.82 Å². The van der Waals surface area contributed by atoms with Gasteiger partial charge in [0.1, 0.15) is 11.3 Å². The lowest BCUT2D eigenvalue weighted by atomic mass is 9.89. The molecule has 1 saturated carbocycles. The highest BCUT2D eigenvalue weighted by atomic mass is 19.1. The number of benzene rings is 3. The molecule has 2 fully saturated rings. The van der Waals surface area contributed by atoms with Gasteiger partial charge in [0, 0.05) is 12.2 Å². The number of nitrogens with zero attached hydrogens (tertiary/aromatic N) is 2. The predicted octanol–water partition coefficient (Wildman–Crippen LogP) is 6.73. The lowest BCUT2D eigenvalue weighted by molar-refractivity contribution is 0.0807. The molecule has 6 nitrogen and oxygen atoms in total. The average Bonchev–Trinajstić information content (AvgIpc) is 2.99. The number of carbonyl (C=O) groups is 1. The summed E-state index contributed by atoms with van der Waals surface area (Å²) in [6.45, 7) is 3.53. The van der Waals surface area contributed by atoms with Gasteiger partial charge < -0.3 is 15.0 Å². The third kappa shape index (κ3) is 4.48. The minimum absolute atomic E-state index is 0.0523. The third-order valence-electron chi connectivity index (χ3n) is 9.06. The van der Waals surface area contributed by atoms with Crippen molar-refractivity contribution in [2.75, 3.05) is 13.1 Å². The van der Waals surface area contributed by atoms with Crippen LogP contribution in [0.25, 0.3) is 33.4 Å². The zero-order chi connectivity index (χ0) is 28.2. The molecule has 1 aromatic heterocycles. The fourth-order valence-corrected chi connectivity index (χ4v) is 6.80. The molecule has 0 amide bonds. The van der Waals surface area contributed by atoms with Crippen molar-refractivity contribution >= 4 is 33.5 Å². The van der Waals surface area contributed by atoms with Crippen LogP contribution in [0.5, 0.6) is 11.5 Å². The number of fused-ring (bicyclic) bond motifs is 3. The Hall–Kier alpha value is -3.81. The highest BCUT2D eigenvalue weighted by Crippen LogP contribution is 2.45. The number of hydrogen-bond donors (Lipinski definition) is 1. The number of halogens is 1. The molecule has 0 radical (unpaired) electrons. The average molecular weight is 552 g/mol. The van der Waals surface area contributed by atoms with E-state index in [1.807, 2.05) is 54.0 Å². The quantitative estimate of drug-likeness (QED) is 0.251. The van der Waals surface area contributed by atoms with Crippen LogP contribution in [0.2, 0.25) is 0 Å². The summed E-state index contributed by atoms with van der Waals surface area (Å²) in [5, 5.41) is 2.13. The number of piperidine rings is 1. The number of likely N-dealkylation sites (tertiary alicyclic amines) is 1. The van der Waals surface area contributed by atoms with Crippen LogP contribution in [-0.4, -0.2) is 40.4 Å². The topological polar surface area (TPSA) is 77.6 Å². The standard InChI is InChI=1S/C34H34FN3O3/c1-20(37-12-5-2-6-13-37)32(39)27-19-38-29-16-22-9-3-4-10-23(22)17-30(29)41-34-25(15-21-8-7-11-24(36)14-21)28(35)18-26(31(34)38)33(27)40/h3-4,9-10,15-20,24H,2,5-8,11-14,36H2,1H3/t20-,24?/m0/s1. The lowest BCUT2D eigenvalue weighted by Crippen LogP contribution is -2.43.